The summed E-state index contributed by atoms with van der Waals surface area (Å²) in [6.07, 6.45) is 12.7. The van der Waals surface area contributed by atoms with Crippen LogP contribution in [0, 0.1) is 23.1 Å². The fraction of sp³-hybridized carbons (Fsp3) is 0.633. The molecule has 2 heterocycles. The van der Waals surface area contributed by atoms with Gasteiger partial charge in [-0.15, -0.1) is 0 Å². The molecule has 1 saturated heterocycles. The maximum atomic E-state index is 14.2. The summed E-state index contributed by atoms with van der Waals surface area (Å²) < 4.78 is 15.7. The van der Waals surface area contributed by atoms with E-state index in [0.29, 0.717) is 18.9 Å². The number of likely N-dealkylation sites (tertiary alicyclic amines) is 1. The van der Waals surface area contributed by atoms with Crippen molar-refractivity contribution in [2.75, 3.05) is 13.1 Å². The van der Waals surface area contributed by atoms with Crippen molar-refractivity contribution < 1.29 is 14.3 Å². The van der Waals surface area contributed by atoms with Crippen LogP contribution in [-0.4, -0.2) is 44.2 Å². The summed E-state index contributed by atoms with van der Waals surface area (Å²) in [7, 11) is 0. The van der Waals surface area contributed by atoms with E-state index in [9.17, 15) is 19.1 Å². The Morgan fingerprint density at radius 2 is 1.89 bits per heavy atom. The number of carbonyl (C=O) groups excluding carboxylic acids is 1. The molecule has 7 heteroatoms. The fourth-order valence-corrected chi connectivity index (χ4v) is 7.35. The molecule has 1 aromatic carbocycles. The Bertz CT molecular complexity index is 1180. The number of amides is 1. The number of benzene rings is 1. The van der Waals surface area contributed by atoms with Gasteiger partial charge >= 0.3 is 0 Å². The van der Waals surface area contributed by atoms with Crippen LogP contribution >= 0.6 is 0 Å². The molecule has 1 aromatic heterocycles. The molecule has 0 radical (unpaired) electrons. The third-order valence-corrected chi connectivity index (χ3v) is 9.42. The van der Waals surface area contributed by atoms with Gasteiger partial charge in [0.05, 0.1) is 24.2 Å². The Labute approximate surface area is 218 Å². The Balaban J connectivity index is 1.31. The van der Waals surface area contributed by atoms with Gasteiger partial charge in [0.25, 0.3) is 5.56 Å². The molecule has 6 nitrogen and oxygen atoms in total. The predicted molar refractivity (Wildman–Crippen MR) is 141 cm³/mol. The van der Waals surface area contributed by atoms with Gasteiger partial charge in [0.1, 0.15) is 5.82 Å². The average molecular weight is 510 g/mol. The summed E-state index contributed by atoms with van der Waals surface area (Å²) in [6, 6.07) is 7.60. The number of hydrogen-bond donors (Lipinski definition) is 1. The summed E-state index contributed by atoms with van der Waals surface area (Å²) in [5.41, 5.74) is -1.26. The first-order valence-corrected chi connectivity index (χ1v) is 14.1. The van der Waals surface area contributed by atoms with Crippen LogP contribution in [0.15, 0.2) is 41.5 Å². The van der Waals surface area contributed by atoms with Crippen LogP contribution in [0.1, 0.15) is 77.6 Å². The summed E-state index contributed by atoms with van der Waals surface area (Å²) in [5.74, 6) is 0.448. The first-order chi connectivity index (χ1) is 17.8. The molecule has 3 aliphatic rings. The molecule has 1 amide bonds. The largest absolute Gasteiger partial charge is 0.387 e. The number of halogens is 1. The minimum absolute atomic E-state index is 0.00508. The van der Waals surface area contributed by atoms with Gasteiger partial charge in [-0.05, 0) is 56.6 Å². The lowest BCUT2D eigenvalue weighted by Crippen LogP contribution is -2.58. The van der Waals surface area contributed by atoms with E-state index in [4.69, 9.17) is 0 Å². The van der Waals surface area contributed by atoms with Gasteiger partial charge < -0.3 is 10.0 Å². The van der Waals surface area contributed by atoms with Gasteiger partial charge in [0, 0.05) is 36.1 Å². The van der Waals surface area contributed by atoms with Crippen LogP contribution in [0.4, 0.5) is 4.39 Å². The zero-order valence-electron chi connectivity index (χ0n) is 22.0. The lowest BCUT2D eigenvalue weighted by molar-refractivity contribution is -0.148. The Morgan fingerprint density at radius 3 is 2.65 bits per heavy atom. The highest BCUT2D eigenvalue weighted by molar-refractivity contribution is 5.78. The van der Waals surface area contributed by atoms with E-state index in [2.05, 4.69) is 11.9 Å². The first-order valence-electron chi connectivity index (χ1n) is 14.1. The standard InChI is InChI=1S/C30H40FN3O3/c1-22(17-23-9-3-2-4-10-23)28(36)33-16-8-14-29(19-33)13-7-15-30(29,37)20-34-21-32-26(18-27(34)35)24-11-5-6-12-25(24)31/h5-6,11-12,18,21-23,37H,2-4,7-10,13-17,19-20H2,1H3/t22-,29?,30?/m1/s1. The third kappa shape index (κ3) is 5.25. The normalized spacial score (nSPS) is 27.5. The smallest absolute Gasteiger partial charge is 0.253 e. The second-order valence-corrected chi connectivity index (χ2v) is 11.9. The highest BCUT2D eigenvalue weighted by Gasteiger charge is 2.56. The van der Waals surface area contributed by atoms with Gasteiger partial charge in [0.2, 0.25) is 5.91 Å². The zero-order valence-corrected chi connectivity index (χ0v) is 22.0. The lowest BCUT2D eigenvalue weighted by Gasteiger charge is -2.49. The van der Waals surface area contributed by atoms with Gasteiger partial charge in [0.15, 0.2) is 0 Å². The highest BCUT2D eigenvalue weighted by Crippen LogP contribution is 2.52. The minimum Gasteiger partial charge on any atom is -0.387 e. The topological polar surface area (TPSA) is 75.4 Å². The number of carbonyl (C=O) groups is 1. The van der Waals surface area contributed by atoms with Crippen molar-refractivity contribution in [3.63, 3.8) is 0 Å². The van der Waals surface area contributed by atoms with E-state index in [-0.39, 0.29) is 35.2 Å². The van der Waals surface area contributed by atoms with Crippen molar-refractivity contribution >= 4 is 5.91 Å². The number of aromatic nitrogens is 2. The van der Waals surface area contributed by atoms with Crippen LogP contribution in [0.5, 0.6) is 0 Å². The molecule has 200 valence electrons. The van der Waals surface area contributed by atoms with Crippen molar-refractivity contribution in [3.8, 4) is 11.3 Å². The third-order valence-electron chi connectivity index (χ3n) is 9.42. The molecule has 37 heavy (non-hydrogen) atoms. The van der Waals surface area contributed by atoms with Gasteiger partial charge in [-0.3, -0.25) is 14.2 Å². The SMILES string of the molecule is C[C@H](CC1CCCCC1)C(=O)N1CCCC2(CCCC2(O)Cn2cnc(-c3ccccc3F)cc2=O)C1. The quantitative estimate of drug-likeness (QED) is 0.582. The first kappa shape index (κ1) is 26.1. The molecule has 0 bridgehead atoms. The van der Waals surface area contributed by atoms with Crippen LogP contribution in [0.2, 0.25) is 0 Å². The van der Waals surface area contributed by atoms with Crippen molar-refractivity contribution in [1.82, 2.24) is 14.5 Å². The summed E-state index contributed by atoms with van der Waals surface area (Å²) in [6.45, 7) is 3.49. The van der Waals surface area contributed by atoms with E-state index in [0.717, 1.165) is 38.6 Å². The Morgan fingerprint density at radius 1 is 1.14 bits per heavy atom. The van der Waals surface area contributed by atoms with Gasteiger partial charge in [-0.2, -0.15) is 0 Å². The van der Waals surface area contributed by atoms with Gasteiger partial charge in [-0.1, -0.05) is 51.2 Å². The van der Waals surface area contributed by atoms with Crippen LogP contribution in [0.25, 0.3) is 11.3 Å². The van der Waals surface area contributed by atoms with Crippen LogP contribution in [-0.2, 0) is 11.3 Å². The number of hydrogen-bond acceptors (Lipinski definition) is 4. The van der Waals surface area contributed by atoms with Crippen molar-refractivity contribution in [1.29, 1.82) is 0 Å². The molecule has 1 aliphatic heterocycles. The van der Waals surface area contributed by atoms with Crippen molar-refractivity contribution in [2.45, 2.75) is 89.7 Å². The predicted octanol–water partition coefficient (Wildman–Crippen LogP) is 5.18. The molecule has 2 unspecified atom stereocenters. The maximum absolute atomic E-state index is 14.2. The van der Waals surface area contributed by atoms with E-state index in [1.54, 1.807) is 18.2 Å². The van der Waals surface area contributed by atoms with E-state index >= 15 is 0 Å². The van der Waals surface area contributed by atoms with E-state index in [1.807, 2.05) is 4.90 Å². The zero-order chi connectivity index (χ0) is 26.0. The molecule has 5 rings (SSSR count). The highest BCUT2D eigenvalue weighted by atomic mass is 19.1. The van der Waals surface area contributed by atoms with Crippen molar-refractivity contribution in [3.05, 3.63) is 52.8 Å². The minimum atomic E-state index is -1.09. The summed E-state index contributed by atoms with van der Waals surface area (Å²) in [5, 5.41) is 12.0. The maximum Gasteiger partial charge on any atom is 0.253 e. The van der Waals surface area contributed by atoms with E-state index < -0.39 is 16.8 Å². The monoisotopic (exact) mass is 509 g/mol. The molecule has 3 atom stereocenters. The van der Waals surface area contributed by atoms with Crippen LogP contribution in [0.3, 0.4) is 0 Å². The molecule has 3 fully saturated rings. The Kier molecular flexibility index (Phi) is 7.53. The van der Waals surface area contributed by atoms with E-state index in [1.165, 1.54) is 55.1 Å². The van der Waals surface area contributed by atoms with Gasteiger partial charge in [-0.25, -0.2) is 9.37 Å². The number of aliphatic hydroxyl groups is 1. The molecular weight excluding hydrogens is 469 g/mol. The number of nitrogens with zero attached hydrogens (tertiary/aromatic N) is 3. The van der Waals surface area contributed by atoms with Crippen molar-refractivity contribution in [2.24, 2.45) is 17.3 Å². The summed E-state index contributed by atoms with van der Waals surface area (Å²) in [4.78, 5) is 32.8. The lowest BCUT2D eigenvalue weighted by atomic mass is 9.68. The van der Waals surface area contributed by atoms with Crippen LogP contribution < -0.4 is 5.56 Å². The second-order valence-electron chi connectivity index (χ2n) is 11.9. The molecule has 2 aromatic rings. The molecule has 1 spiro atoms. The second kappa shape index (κ2) is 10.7. The fourth-order valence-electron chi connectivity index (χ4n) is 7.35. The number of piperidine rings is 1. The molecule has 2 aliphatic carbocycles. The molecular formula is C30H40FN3O3. The molecule has 1 N–H and O–H groups in total. The molecule has 2 saturated carbocycles. The Hall–Kier alpha value is -2.54. The summed E-state index contributed by atoms with van der Waals surface area (Å²) >= 11 is 0. The average Bonchev–Trinajstić information content (AvgIpc) is 3.20. The number of rotatable bonds is 6.